The van der Waals surface area contributed by atoms with Crippen LogP contribution in [0.4, 0.5) is 0 Å². The zero-order valence-electron chi connectivity index (χ0n) is 9.55. The molecular formula is C12H21N3. The van der Waals surface area contributed by atoms with E-state index >= 15 is 0 Å². The van der Waals surface area contributed by atoms with E-state index in [9.17, 15) is 0 Å². The van der Waals surface area contributed by atoms with Crippen molar-refractivity contribution in [3.63, 3.8) is 0 Å². The second kappa shape index (κ2) is 3.39. The highest BCUT2D eigenvalue weighted by Gasteiger charge is 2.50. The molecule has 3 nitrogen and oxygen atoms in total. The van der Waals surface area contributed by atoms with Crippen molar-refractivity contribution in [1.82, 2.24) is 10.6 Å². The van der Waals surface area contributed by atoms with Crippen molar-refractivity contribution in [2.24, 2.45) is 16.8 Å². The summed E-state index contributed by atoms with van der Waals surface area (Å²) in [5, 5.41) is 7.02. The van der Waals surface area contributed by atoms with Gasteiger partial charge in [0.25, 0.3) is 0 Å². The number of nitrogens with zero attached hydrogens (tertiary/aromatic N) is 1. The lowest BCUT2D eigenvalue weighted by molar-refractivity contribution is 0.289. The fraction of sp³-hybridized carbons (Fsp3) is 0.917. The van der Waals surface area contributed by atoms with Gasteiger partial charge in [-0.1, -0.05) is 13.3 Å². The molecule has 2 aliphatic carbocycles. The third-order valence-electron chi connectivity index (χ3n) is 4.55. The van der Waals surface area contributed by atoms with Crippen molar-refractivity contribution in [2.75, 3.05) is 13.1 Å². The van der Waals surface area contributed by atoms with Crippen molar-refractivity contribution in [3.8, 4) is 0 Å². The Balaban J connectivity index is 1.70. The highest BCUT2D eigenvalue weighted by atomic mass is 15.2. The van der Waals surface area contributed by atoms with E-state index in [-0.39, 0.29) is 0 Å². The van der Waals surface area contributed by atoms with E-state index < -0.39 is 0 Å². The molecule has 2 fully saturated rings. The molecule has 2 N–H and O–H groups in total. The predicted octanol–water partition coefficient (Wildman–Crippen LogP) is 1.50. The average Bonchev–Trinajstić information content (AvgIpc) is 2.92. The molecule has 0 radical (unpaired) electrons. The molecule has 0 aromatic carbocycles. The molecule has 0 aromatic rings. The maximum absolute atomic E-state index is 4.46. The molecule has 0 aromatic heterocycles. The van der Waals surface area contributed by atoms with Crippen LogP contribution in [0, 0.1) is 11.8 Å². The van der Waals surface area contributed by atoms with Crippen molar-refractivity contribution in [1.29, 1.82) is 0 Å². The first-order valence-electron chi connectivity index (χ1n) is 6.38. The van der Waals surface area contributed by atoms with Crippen molar-refractivity contribution in [2.45, 2.75) is 44.6 Å². The summed E-state index contributed by atoms with van der Waals surface area (Å²) in [6.07, 6.45) is 6.89. The fourth-order valence-electron chi connectivity index (χ4n) is 3.80. The number of fused-ring (bicyclic) bond motifs is 2. The van der Waals surface area contributed by atoms with Gasteiger partial charge in [0.05, 0.1) is 6.54 Å². The zero-order chi connectivity index (χ0) is 10.3. The Kier molecular flexibility index (Phi) is 2.15. The van der Waals surface area contributed by atoms with Gasteiger partial charge in [0.15, 0.2) is 5.96 Å². The van der Waals surface area contributed by atoms with Crippen molar-refractivity contribution in [3.05, 3.63) is 0 Å². The van der Waals surface area contributed by atoms with Gasteiger partial charge in [-0.3, -0.25) is 4.99 Å². The minimum atomic E-state index is 0.404. The number of hydrogen-bond donors (Lipinski definition) is 2. The molecule has 0 spiro atoms. The van der Waals surface area contributed by atoms with E-state index in [0.29, 0.717) is 5.54 Å². The molecule has 84 valence electrons. The summed E-state index contributed by atoms with van der Waals surface area (Å²) >= 11 is 0. The number of hydrogen-bond acceptors (Lipinski definition) is 3. The molecule has 3 heteroatoms. The summed E-state index contributed by atoms with van der Waals surface area (Å²) in [4.78, 5) is 4.46. The van der Waals surface area contributed by atoms with Gasteiger partial charge < -0.3 is 10.6 Å². The lowest BCUT2D eigenvalue weighted by Crippen LogP contribution is -2.49. The fourth-order valence-corrected chi connectivity index (χ4v) is 3.80. The van der Waals surface area contributed by atoms with Gasteiger partial charge in [-0.2, -0.15) is 0 Å². The van der Waals surface area contributed by atoms with Gasteiger partial charge in [-0.05, 0) is 37.5 Å². The summed E-state index contributed by atoms with van der Waals surface area (Å²) in [7, 11) is 0. The Morgan fingerprint density at radius 1 is 1.53 bits per heavy atom. The SMILES string of the molecule is CCC1CC2(NC3=NCCN3)CCC1C2. The highest BCUT2D eigenvalue weighted by molar-refractivity contribution is 5.82. The summed E-state index contributed by atoms with van der Waals surface area (Å²) in [5.74, 6) is 3.02. The van der Waals surface area contributed by atoms with Crippen LogP contribution in [0.5, 0.6) is 0 Å². The minimum Gasteiger partial charge on any atom is -0.355 e. The smallest absolute Gasteiger partial charge is 0.191 e. The first-order chi connectivity index (χ1) is 7.31. The minimum absolute atomic E-state index is 0.404. The lowest BCUT2D eigenvalue weighted by atomic mass is 9.84. The zero-order valence-corrected chi connectivity index (χ0v) is 9.55. The van der Waals surface area contributed by atoms with Gasteiger partial charge in [0.2, 0.25) is 0 Å². The molecule has 15 heavy (non-hydrogen) atoms. The maximum Gasteiger partial charge on any atom is 0.191 e. The molecule has 0 saturated heterocycles. The topological polar surface area (TPSA) is 36.4 Å². The Labute approximate surface area is 91.7 Å². The van der Waals surface area contributed by atoms with E-state index in [4.69, 9.17) is 0 Å². The van der Waals surface area contributed by atoms with Crippen LogP contribution in [0.3, 0.4) is 0 Å². The van der Waals surface area contributed by atoms with Crippen LogP contribution >= 0.6 is 0 Å². The Morgan fingerprint density at radius 2 is 2.47 bits per heavy atom. The summed E-state index contributed by atoms with van der Waals surface area (Å²) in [6, 6.07) is 0. The van der Waals surface area contributed by atoms with E-state index in [1.165, 1.54) is 32.1 Å². The van der Waals surface area contributed by atoms with Crippen LogP contribution in [0.15, 0.2) is 4.99 Å². The monoisotopic (exact) mass is 207 g/mol. The van der Waals surface area contributed by atoms with Crippen LogP contribution in [-0.2, 0) is 0 Å². The molecule has 0 amide bonds. The molecular weight excluding hydrogens is 186 g/mol. The molecule has 3 atom stereocenters. The van der Waals surface area contributed by atoms with Gasteiger partial charge in [0.1, 0.15) is 0 Å². The quantitative estimate of drug-likeness (QED) is 0.720. The van der Waals surface area contributed by atoms with Crippen molar-refractivity contribution >= 4 is 5.96 Å². The van der Waals surface area contributed by atoms with Gasteiger partial charge in [-0.15, -0.1) is 0 Å². The second-order valence-corrected chi connectivity index (χ2v) is 5.44. The first kappa shape index (κ1) is 9.49. The number of nitrogens with one attached hydrogen (secondary N) is 2. The molecule has 1 aliphatic heterocycles. The number of aliphatic imine (C=N–C) groups is 1. The Bertz CT molecular complexity index is 287. The molecule has 2 saturated carbocycles. The maximum atomic E-state index is 4.46. The van der Waals surface area contributed by atoms with E-state index in [0.717, 1.165) is 30.9 Å². The van der Waals surface area contributed by atoms with E-state index in [1.54, 1.807) is 0 Å². The molecule has 1 heterocycles. The summed E-state index contributed by atoms with van der Waals surface area (Å²) in [6.45, 7) is 4.29. The Hall–Kier alpha value is -0.730. The van der Waals surface area contributed by atoms with Crippen molar-refractivity contribution < 1.29 is 0 Å². The molecule has 2 bridgehead atoms. The highest BCUT2D eigenvalue weighted by Crippen LogP contribution is 2.52. The largest absolute Gasteiger partial charge is 0.355 e. The molecule has 3 unspecified atom stereocenters. The van der Waals surface area contributed by atoms with Crippen LogP contribution in [0.2, 0.25) is 0 Å². The normalized spacial score (nSPS) is 42.9. The van der Waals surface area contributed by atoms with Gasteiger partial charge in [0, 0.05) is 12.1 Å². The van der Waals surface area contributed by atoms with E-state index in [2.05, 4.69) is 22.5 Å². The van der Waals surface area contributed by atoms with Gasteiger partial charge in [-0.25, -0.2) is 0 Å². The molecule has 3 aliphatic rings. The summed E-state index contributed by atoms with van der Waals surface area (Å²) in [5.41, 5.74) is 0.404. The number of rotatable bonds is 2. The average molecular weight is 207 g/mol. The van der Waals surface area contributed by atoms with Crippen LogP contribution in [-0.4, -0.2) is 24.6 Å². The summed E-state index contributed by atoms with van der Waals surface area (Å²) < 4.78 is 0. The van der Waals surface area contributed by atoms with Crippen LogP contribution in [0.25, 0.3) is 0 Å². The Morgan fingerprint density at radius 3 is 3.13 bits per heavy atom. The predicted molar refractivity (Wildman–Crippen MR) is 61.9 cm³/mol. The van der Waals surface area contributed by atoms with Crippen LogP contribution < -0.4 is 10.6 Å². The van der Waals surface area contributed by atoms with Gasteiger partial charge >= 0.3 is 0 Å². The third-order valence-corrected chi connectivity index (χ3v) is 4.55. The molecule has 3 rings (SSSR count). The van der Waals surface area contributed by atoms with Crippen LogP contribution in [0.1, 0.15) is 39.0 Å². The number of guanidine groups is 1. The first-order valence-corrected chi connectivity index (χ1v) is 6.38. The van der Waals surface area contributed by atoms with E-state index in [1.807, 2.05) is 0 Å². The standard InChI is InChI=1S/C12H21N3/c1-2-9-7-12(4-3-10(9)8-12)15-11-13-5-6-14-11/h9-10H,2-8H2,1H3,(H2,13,14,15). The lowest BCUT2D eigenvalue weighted by Gasteiger charge is -2.31. The second-order valence-electron chi connectivity index (χ2n) is 5.44. The third kappa shape index (κ3) is 1.52.